The molecule has 0 unspecified atom stereocenters. The van der Waals surface area contributed by atoms with Crippen molar-refractivity contribution in [3.63, 3.8) is 0 Å². The van der Waals surface area contributed by atoms with Crippen molar-refractivity contribution in [2.45, 2.75) is 0 Å². The Hall–Kier alpha value is -1.37. The molecular weight excluding hydrogens is 226 g/mol. The Balaban J connectivity index is 3.09. The molecule has 0 fully saturated rings. The van der Waals surface area contributed by atoms with Gasteiger partial charge in [-0.15, -0.1) is 0 Å². The minimum Gasteiger partial charge on any atom is -0.382 e. The number of hydrogen-bond acceptors (Lipinski definition) is 4. The topological polar surface area (TPSA) is 100 Å². The maximum Gasteiger partial charge on any atom is 0.290 e. The van der Waals surface area contributed by atoms with E-state index in [2.05, 4.69) is 36.3 Å². The van der Waals surface area contributed by atoms with E-state index in [1.54, 1.807) is 0 Å². The number of aromatic amines is 2. The second-order valence-electron chi connectivity index (χ2n) is 2.20. The van der Waals surface area contributed by atoms with Gasteiger partial charge in [-0.2, -0.15) is 10.2 Å². The Kier molecular flexibility index (Phi) is 1.40. The Labute approximate surface area is 74.3 Å². The highest BCUT2D eigenvalue weighted by atomic mass is 79.9. The molecule has 0 spiro atoms. The molecule has 0 aliphatic carbocycles. The summed E-state index contributed by atoms with van der Waals surface area (Å²) in [7, 11) is 0. The first-order valence-corrected chi connectivity index (χ1v) is 3.87. The van der Waals surface area contributed by atoms with E-state index in [4.69, 9.17) is 5.73 Å². The number of nitrogens with zero attached hydrogens (tertiary/aromatic N) is 2. The highest BCUT2D eigenvalue weighted by Gasteiger charge is 2.09. The first-order valence-electron chi connectivity index (χ1n) is 3.08. The van der Waals surface area contributed by atoms with E-state index in [-0.39, 0.29) is 11.4 Å². The molecule has 0 bridgehead atoms. The molecule has 2 aromatic rings. The van der Waals surface area contributed by atoms with Crippen molar-refractivity contribution in [1.82, 2.24) is 20.4 Å². The van der Waals surface area contributed by atoms with Gasteiger partial charge < -0.3 is 5.73 Å². The summed E-state index contributed by atoms with van der Waals surface area (Å²) in [4.78, 5) is 11.1. The summed E-state index contributed by atoms with van der Waals surface area (Å²) in [6.45, 7) is 0. The molecule has 0 saturated carbocycles. The molecule has 0 atom stereocenters. The second-order valence-corrected chi connectivity index (χ2v) is 2.95. The van der Waals surface area contributed by atoms with Gasteiger partial charge in [-0.1, -0.05) is 0 Å². The van der Waals surface area contributed by atoms with Crippen LogP contribution in [-0.2, 0) is 0 Å². The predicted octanol–water partition coefficient (Wildman–Crippen LogP) is -0.00910. The second kappa shape index (κ2) is 2.31. The van der Waals surface area contributed by atoms with Crippen molar-refractivity contribution in [3.8, 4) is 0 Å². The Bertz CT molecular complexity index is 486. The molecule has 0 aliphatic heterocycles. The molecule has 0 saturated heterocycles. The number of nitrogens with two attached hydrogens (primary N) is 1. The summed E-state index contributed by atoms with van der Waals surface area (Å²) in [5, 5.41) is 12.6. The third-order valence-corrected chi connectivity index (χ3v) is 2.06. The molecule has 2 aromatic heterocycles. The number of rotatable bonds is 0. The quantitative estimate of drug-likeness (QED) is 0.592. The minimum absolute atomic E-state index is 0.241. The normalized spacial score (nSPS) is 10.8. The van der Waals surface area contributed by atoms with Gasteiger partial charge in [0.2, 0.25) is 0 Å². The first-order chi connectivity index (χ1) is 5.70. The van der Waals surface area contributed by atoms with Crippen LogP contribution in [0.1, 0.15) is 0 Å². The molecular formula is C5H4BrN5O. The van der Waals surface area contributed by atoms with Gasteiger partial charge in [0.25, 0.3) is 5.56 Å². The van der Waals surface area contributed by atoms with Gasteiger partial charge in [-0.3, -0.25) is 9.89 Å². The van der Waals surface area contributed by atoms with Crippen LogP contribution in [0.25, 0.3) is 10.9 Å². The fourth-order valence-electron chi connectivity index (χ4n) is 0.941. The number of aromatic nitrogens is 4. The number of fused-ring (bicyclic) bond motifs is 1. The fraction of sp³-hybridized carbons (Fsp3) is 0. The maximum atomic E-state index is 11.1. The predicted molar refractivity (Wildman–Crippen MR) is 46.6 cm³/mol. The molecule has 0 aromatic carbocycles. The zero-order valence-electron chi connectivity index (χ0n) is 5.76. The monoisotopic (exact) mass is 229 g/mol. The summed E-state index contributed by atoms with van der Waals surface area (Å²) in [5.74, 6) is 0.241. The number of nitrogens with one attached hydrogen (secondary N) is 2. The first kappa shape index (κ1) is 7.29. The van der Waals surface area contributed by atoms with Gasteiger partial charge in [0, 0.05) is 0 Å². The Morgan fingerprint density at radius 3 is 2.75 bits per heavy atom. The maximum absolute atomic E-state index is 11.1. The van der Waals surface area contributed by atoms with Crippen LogP contribution in [0, 0.1) is 0 Å². The van der Waals surface area contributed by atoms with Crippen molar-refractivity contribution >= 4 is 32.7 Å². The summed E-state index contributed by atoms with van der Waals surface area (Å²) < 4.78 is 0.494. The zero-order valence-corrected chi connectivity index (χ0v) is 7.34. The van der Waals surface area contributed by atoms with Crippen molar-refractivity contribution < 1.29 is 0 Å². The van der Waals surface area contributed by atoms with E-state index in [9.17, 15) is 4.79 Å². The van der Waals surface area contributed by atoms with E-state index in [0.717, 1.165) is 0 Å². The van der Waals surface area contributed by atoms with Crippen LogP contribution in [0.2, 0.25) is 0 Å². The highest BCUT2D eigenvalue weighted by molar-refractivity contribution is 9.10. The van der Waals surface area contributed by atoms with Gasteiger partial charge in [0.05, 0.1) is 5.39 Å². The summed E-state index contributed by atoms with van der Waals surface area (Å²) in [6, 6.07) is 0. The lowest BCUT2D eigenvalue weighted by atomic mass is 10.3. The SMILES string of the molecule is Nc1n[nH]c(=O)c2[nH]nc(Br)c12. The van der Waals surface area contributed by atoms with Gasteiger partial charge in [-0.25, -0.2) is 5.10 Å². The molecule has 4 N–H and O–H groups in total. The summed E-state index contributed by atoms with van der Waals surface area (Å²) in [5.41, 5.74) is 5.49. The lowest BCUT2D eigenvalue weighted by Gasteiger charge is -1.91. The lowest BCUT2D eigenvalue weighted by molar-refractivity contribution is 1.01. The van der Waals surface area contributed by atoms with Crippen LogP contribution in [0.3, 0.4) is 0 Å². The number of halogens is 1. The van der Waals surface area contributed by atoms with E-state index in [1.165, 1.54) is 0 Å². The molecule has 2 rings (SSSR count). The van der Waals surface area contributed by atoms with E-state index in [0.29, 0.717) is 15.5 Å². The number of anilines is 1. The molecule has 6 nitrogen and oxygen atoms in total. The molecule has 62 valence electrons. The Morgan fingerprint density at radius 1 is 1.33 bits per heavy atom. The number of nitrogen functional groups attached to an aromatic ring is 1. The van der Waals surface area contributed by atoms with Gasteiger partial charge >= 0.3 is 0 Å². The van der Waals surface area contributed by atoms with Crippen LogP contribution >= 0.6 is 15.9 Å². The van der Waals surface area contributed by atoms with E-state index >= 15 is 0 Å². The molecule has 7 heteroatoms. The molecule has 2 heterocycles. The van der Waals surface area contributed by atoms with Crippen LogP contribution in [0.4, 0.5) is 5.82 Å². The average Bonchev–Trinajstić information content (AvgIpc) is 2.42. The van der Waals surface area contributed by atoms with Crippen LogP contribution < -0.4 is 11.3 Å². The Morgan fingerprint density at radius 2 is 2.08 bits per heavy atom. The van der Waals surface area contributed by atoms with Gasteiger partial charge in [-0.05, 0) is 15.9 Å². The van der Waals surface area contributed by atoms with Crippen molar-refractivity contribution in [1.29, 1.82) is 0 Å². The van der Waals surface area contributed by atoms with Crippen molar-refractivity contribution in [2.75, 3.05) is 5.73 Å². The third kappa shape index (κ3) is 0.828. The van der Waals surface area contributed by atoms with Crippen molar-refractivity contribution in [3.05, 3.63) is 15.0 Å². The van der Waals surface area contributed by atoms with Crippen LogP contribution in [0.5, 0.6) is 0 Å². The third-order valence-electron chi connectivity index (χ3n) is 1.48. The highest BCUT2D eigenvalue weighted by Crippen LogP contribution is 2.21. The molecule has 0 aliphatic rings. The molecule has 0 amide bonds. The van der Waals surface area contributed by atoms with Crippen molar-refractivity contribution in [2.24, 2.45) is 0 Å². The van der Waals surface area contributed by atoms with Crippen LogP contribution in [0.15, 0.2) is 9.40 Å². The smallest absolute Gasteiger partial charge is 0.290 e. The standard InChI is InChI=1S/C5H4BrN5O/c6-3-1-2(8-9-3)5(12)11-10-4(1)7/h(H2,7,10)(H,8,9)(H,11,12). The fourth-order valence-corrected chi connectivity index (χ4v) is 1.43. The molecule has 0 radical (unpaired) electrons. The average molecular weight is 230 g/mol. The largest absolute Gasteiger partial charge is 0.382 e. The number of H-pyrrole nitrogens is 2. The van der Waals surface area contributed by atoms with E-state index in [1.807, 2.05) is 0 Å². The van der Waals surface area contributed by atoms with Gasteiger partial charge in [0.1, 0.15) is 10.1 Å². The zero-order chi connectivity index (χ0) is 8.72. The molecule has 12 heavy (non-hydrogen) atoms. The summed E-state index contributed by atoms with van der Waals surface area (Å²) >= 11 is 3.14. The van der Waals surface area contributed by atoms with Crippen LogP contribution in [-0.4, -0.2) is 20.4 Å². The van der Waals surface area contributed by atoms with Gasteiger partial charge in [0.15, 0.2) is 5.82 Å². The lowest BCUT2D eigenvalue weighted by Crippen LogP contribution is -2.10. The minimum atomic E-state index is -0.336. The summed E-state index contributed by atoms with van der Waals surface area (Å²) in [6.07, 6.45) is 0. The number of hydrogen-bond donors (Lipinski definition) is 3. The van der Waals surface area contributed by atoms with E-state index < -0.39 is 0 Å².